The van der Waals surface area contributed by atoms with Crippen molar-refractivity contribution < 1.29 is 19.4 Å². The molecule has 1 aliphatic heterocycles. The van der Waals surface area contributed by atoms with Crippen LogP contribution in [-0.4, -0.2) is 34.4 Å². The maximum Gasteiger partial charge on any atom is 0.407 e. The molecule has 0 fully saturated rings. The zero-order valence-corrected chi connectivity index (χ0v) is 16.5. The lowest BCUT2D eigenvalue weighted by atomic mass is 9.98. The number of carboxylic acid groups (broad SMARTS) is 1. The summed E-state index contributed by atoms with van der Waals surface area (Å²) in [6.07, 6.45) is -0.188. The van der Waals surface area contributed by atoms with Crippen LogP contribution < -0.4 is 27.2 Å². The van der Waals surface area contributed by atoms with Crippen LogP contribution in [0.25, 0.3) is 0 Å². The zero-order valence-electron chi connectivity index (χ0n) is 15.6. The minimum absolute atomic E-state index is 0.0423. The smallest absolute Gasteiger partial charge is 0.407 e. The Kier molecular flexibility index (Phi) is 5.38. The maximum absolute atomic E-state index is 11.9. The van der Waals surface area contributed by atoms with Gasteiger partial charge in [0.25, 0.3) is 0 Å². The van der Waals surface area contributed by atoms with Crippen LogP contribution in [0.2, 0.25) is 0 Å². The fraction of sp³-hybridized carbons (Fsp3) is 0.263. The third kappa shape index (κ3) is 4.11. The molecular weight excluding hydrogens is 412 g/mol. The average Bonchev–Trinajstić information content (AvgIpc) is 3.13. The van der Waals surface area contributed by atoms with Gasteiger partial charge >= 0.3 is 23.2 Å². The average molecular weight is 430 g/mol. The molecule has 0 bridgehead atoms. The van der Waals surface area contributed by atoms with Crippen molar-refractivity contribution >= 4 is 28.4 Å². The van der Waals surface area contributed by atoms with E-state index in [1.165, 1.54) is 11.3 Å². The van der Waals surface area contributed by atoms with Gasteiger partial charge in [0.05, 0.1) is 5.56 Å². The minimum atomic E-state index is -1.15. The molecule has 1 atom stereocenters. The number of anilines is 1. The fourth-order valence-corrected chi connectivity index (χ4v) is 4.35. The van der Waals surface area contributed by atoms with Crippen LogP contribution in [0.15, 0.2) is 39.9 Å². The number of carbonyl (C=O) groups excluding carboxylic acids is 1. The van der Waals surface area contributed by atoms with E-state index in [2.05, 4.69) is 16.1 Å². The summed E-state index contributed by atoms with van der Waals surface area (Å²) in [4.78, 5) is 46.9. The number of carbonyl (C=O) groups is 2. The van der Waals surface area contributed by atoms with Gasteiger partial charge in [-0.1, -0.05) is 30.3 Å². The molecule has 30 heavy (non-hydrogen) atoms. The van der Waals surface area contributed by atoms with Gasteiger partial charge in [0, 0.05) is 24.0 Å². The number of alkyl carbamates (subject to hydrolysis) is 1. The quantitative estimate of drug-likeness (QED) is 0.401. The van der Waals surface area contributed by atoms with Crippen molar-refractivity contribution in [2.24, 2.45) is 0 Å². The van der Waals surface area contributed by atoms with E-state index in [1.54, 1.807) is 0 Å². The number of nitrogens with zero attached hydrogens (tertiary/aromatic N) is 1. The molecule has 1 amide bonds. The molecule has 0 spiro atoms. The molecule has 3 heterocycles. The van der Waals surface area contributed by atoms with Crippen LogP contribution >= 0.6 is 11.3 Å². The Morgan fingerprint density at radius 2 is 1.97 bits per heavy atom. The number of amides is 1. The van der Waals surface area contributed by atoms with Gasteiger partial charge < -0.3 is 20.5 Å². The molecule has 1 unspecified atom stereocenters. The van der Waals surface area contributed by atoms with Crippen molar-refractivity contribution in [2.75, 3.05) is 12.0 Å². The van der Waals surface area contributed by atoms with Gasteiger partial charge in [-0.3, -0.25) is 15.0 Å². The molecule has 4 N–H and O–H groups in total. The number of aromatic carboxylic acids is 1. The van der Waals surface area contributed by atoms with Gasteiger partial charge in [0.2, 0.25) is 0 Å². The van der Waals surface area contributed by atoms with E-state index >= 15 is 0 Å². The summed E-state index contributed by atoms with van der Waals surface area (Å²) in [6.45, 7) is 0.828. The molecule has 0 saturated heterocycles. The molecule has 156 valence electrons. The number of fused-ring (bicyclic) bond motifs is 1. The summed E-state index contributed by atoms with van der Waals surface area (Å²) in [6, 6.07) is 9.11. The number of nitrogens with one attached hydrogen (secondary N) is 3. The molecule has 2 aromatic heterocycles. The number of hydrogen-bond acceptors (Lipinski definition) is 8. The number of thiophene rings is 1. The predicted octanol–water partition coefficient (Wildman–Crippen LogP) is 0.660. The van der Waals surface area contributed by atoms with Crippen LogP contribution in [0, 0.1) is 0 Å². The van der Waals surface area contributed by atoms with E-state index in [0.717, 1.165) is 15.1 Å². The predicted molar refractivity (Wildman–Crippen MR) is 109 cm³/mol. The van der Waals surface area contributed by atoms with Crippen LogP contribution in [0.3, 0.4) is 0 Å². The Bertz CT molecular complexity index is 1140. The summed E-state index contributed by atoms with van der Waals surface area (Å²) >= 11 is 1.18. The maximum atomic E-state index is 11.9. The lowest BCUT2D eigenvalue weighted by molar-refractivity contribution is 0.0696. The monoisotopic (exact) mass is 430 g/mol. The van der Waals surface area contributed by atoms with Gasteiger partial charge in [-0.2, -0.15) is 4.68 Å². The van der Waals surface area contributed by atoms with E-state index < -0.39 is 23.2 Å². The van der Waals surface area contributed by atoms with Crippen molar-refractivity contribution in [2.45, 2.75) is 25.6 Å². The summed E-state index contributed by atoms with van der Waals surface area (Å²) in [5, 5.41) is 15.8. The fourth-order valence-electron chi connectivity index (χ4n) is 3.19. The van der Waals surface area contributed by atoms with E-state index in [1.807, 2.05) is 30.3 Å². The number of hydrogen-bond donors (Lipinski definition) is 4. The number of carboxylic acids is 1. The van der Waals surface area contributed by atoms with Crippen LogP contribution in [-0.2, 0) is 24.3 Å². The zero-order chi connectivity index (χ0) is 21.3. The van der Waals surface area contributed by atoms with Crippen molar-refractivity contribution in [1.82, 2.24) is 15.3 Å². The summed E-state index contributed by atoms with van der Waals surface area (Å²) < 4.78 is 5.95. The molecular formula is C19H18N4O6S. The van der Waals surface area contributed by atoms with Crippen molar-refractivity contribution in [1.29, 1.82) is 0 Å². The summed E-state index contributed by atoms with van der Waals surface area (Å²) in [5.74, 6) is -1.15. The van der Waals surface area contributed by atoms with E-state index in [4.69, 9.17) is 4.74 Å². The van der Waals surface area contributed by atoms with Crippen molar-refractivity contribution in [3.63, 3.8) is 0 Å². The van der Waals surface area contributed by atoms with Crippen LogP contribution in [0.5, 0.6) is 0 Å². The van der Waals surface area contributed by atoms with E-state index in [0.29, 0.717) is 18.5 Å². The SMILES string of the molecule is O=C(NCC1Cc2c(sc(Nn3c(=O)c3=O)c2C(=O)O)CN1)OCc1ccccc1. The highest BCUT2D eigenvalue weighted by Crippen LogP contribution is 2.36. The highest BCUT2D eigenvalue weighted by atomic mass is 32.1. The Balaban J connectivity index is 1.37. The summed E-state index contributed by atoms with van der Waals surface area (Å²) in [7, 11) is 0. The normalized spacial score (nSPS) is 15.5. The second kappa shape index (κ2) is 8.13. The standard InChI is InChI=1S/C19H18N4O6S/c24-16-17(25)23(16)22-15-14(18(26)27)12-6-11(20-8-13(12)30-15)7-21-19(28)29-9-10-4-2-1-3-5-10/h1-5,11,20,22H,6-9H2,(H,21,28)(H,26,27). The van der Waals surface area contributed by atoms with Crippen LogP contribution in [0.4, 0.5) is 9.80 Å². The molecule has 11 heteroatoms. The largest absolute Gasteiger partial charge is 0.478 e. The molecule has 1 aliphatic rings. The van der Waals surface area contributed by atoms with E-state index in [9.17, 15) is 24.3 Å². The highest BCUT2D eigenvalue weighted by molar-refractivity contribution is 7.16. The number of aromatic nitrogens is 1. The molecule has 0 saturated carbocycles. The Hall–Kier alpha value is -3.44. The number of ether oxygens (including phenoxy) is 1. The van der Waals surface area contributed by atoms with Crippen molar-refractivity contribution in [3.05, 3.63) is 72.6 Å². The van der Waals surface area contributed by atoms with Gasteiger partial charge in [-0.25, -0.2) is 9.59 Å². The van der Waals surface area contributed by atoms with E-state index in [-0.39, 0.29) is 29.8 Å². The Labute approximate surface area is 173 Å². The minimum Gasteiger partial charge on any atom is -0.478 e. The lowest BCUT2D eigenvalue weighted by Crippen LogP contribution is -2.44. The summed E-state index contributed by atoms with van der Waals surface area (Å²) in [5.41, 5.74) is 2.71. The first kappa shape index (κ1) is 19.9. The number of rotatable bonds is 7. The third-order valence-corrected chi connectivity index (χ3v) is 5.90. The first-order valence-corrected chi connectivity index (χ1v) is 9.96. The van der Waals surface area contributed by atoms with Gasteiger partial charge in [-0.15, -0.1) is 11.3 Å². The first-order chi connectivity index (χ1) is 14.4. The van der Waals surface area contributed by atoms with Gasteiger partial charge in [-0.05, 0) is 17.5 Å². The van der Waals surface area contributed by atoms with Crippen molar-refractivity contribution in [3.8, 4) is 0 Å². The Morgan fingerprint density at radius 1 is 1.23 bits per heavy atom. The molecule has 10 nitrogen and oxygen atoms in total. The molecule has 4 rings (SSSR count). The first-order valence-electron chi connectivity index (χ1n) is 9.15. The third-order valence-electron chi connectivity index (χ3n) is 4.76. The Morgan fingerprint density at radius 3 is 2.63 bits per heavy atom. The molecule has 0 aliphatic carbocycles. The lowest BCUT2D eigenvalue weighted by Gasteiger charge is -2.24. The molecule has 0 radical (unpaired) electrons. The second-order valence-electron chi connectivity index (χ2n) is 6.80. The topological polar surface area (TPSA) is 139 Å². The number of benzene rings is 1. The van der Waals surface area contributed by atoms with Gasteiger partial charge in [0.1, 0.15) is 11.6 Å². The molecule has 3 aromatic rings. The highest BCUT2D eigenvalue weighted by Gasteiger charge is 2.30. The second-order valence-corrected chi connectivity index (χ2v) is 7.90. The van der Waals surface area contributed by atoms with Gasteiger partial charge in [0.15, 0.2) is 0 Å². The molecule has 1 aromatic carbocycles. The van der Waals surface area contributed by atoms with Crippen LogP contribution in [0.1, 0.15) is 26.4 Å².